The van der Waals surface area contributed by atoms with E-state index in [0.29, 0.717) is 12.3 Å². The molecule has 0 saturated heterocycles. The number of nitrogens with zero attached hydrogens (tertiary/aromatic N) is 1. The predicted molar refractivity (Wildman–Crippen MR) is 84.8 cm³/mol. The van der Waals surface area contributed by atoms with E-state index < -0.39 is 0 Å². The van der Waals surface area contributed by atoms with Crippen molar-refractivity contribution in [3.63, 3.8) is 0 Å². The van der Waals surface area contributed by atoms with Gasteiger partial charge in [0.05, 0.1) is 0 Å². The van der Waals surface area contributed by atoms with Gasteiger partial charge in [-0.1, -0.05) is 12.1 Å². The summed E-state index contributed by atoms with van der Waals surface area (Å²) in [6, 6.07) is 11.9. The monoisotopic (exact) mass is 286 g/mol. The Hall–Kier alpha value is -2.23. The lowest BCUT2D eigenvalue weighted by Crippen LogP contribution is -2.34. The molecule has 0 aliphatic rings. The molecule has 21 heavy (non-hydrogen) atoms. The Balaban J connectivity index is 1.88. The summed E-state index contributed by atoms with van der Waals surface area (Å²) in [5.41, 5.74) is 2.42. The van der Waals surface area contributed by atoms with Gasteiger partial charge in [0.25, 0.3) is 5.91 Å². The first kappa shape index (κ1) is 15.2. The Morgan fingerprint density at radius 3 is 2.67 bits per heavy atom. The molecule has 0 fully saturated rings. The van der Waals surface area contributed by atoms with Gasteiger partial charge in [-0.15, -0.1) is 0 Å². The average molecular weight is 286 g/mol. The van der Waals surface area contributed by atoms with E-state index in [0.717, 1.165) is 18.8 Å². The topological polar surface area (TPSA) is 45.5 Å². The second kappa shape index (κ2) is 6.97. The average Bonchev–Trinajstić information content (AvgIpc) is 2.90. The number of furan rings is 1. The number of benzene rings is 1. The lowest BCUT2D eigenvalue weighted by Gasteiger charge is -2.23. The summed E-state index contributed by atoms with van der Waals surface area (Å²) in [5.74, 6) is 0.949. The molecule has 1 heterocycles. The van der Waals surface area contributed by atoms with Gasteiger partial charge in [-0.25, -0.2) is 0 Å². The number of rotatable bonds is 6. The molecule has 1 aromatic heterocycles. The van der Waals surface area contributed by atoms with Crippen molar-refractivity contribution in [3.05, 3.63) is 53.5 Å². The third-order valence-electron chi connectivity index (χ3n) is 3.38. The molecule has 0 aliphatic heterocycles. The van der Waals surface area contributed by atoms with Gasteiger partial charge in [-0.05, 0) is 50.6 Å². The molecule has 2 rings (SSSR count). The van der Waals surface area contributed by atoms with Crippen molar-refractivity contribution in [1.82, 2.24) is 5.32 Å². The number of nitrogens with one attached hydrogen (secondary N) is 1. The Morgan fingerprint density at radius 1 is 1.24 bits per heavy atom. The molecular formula is C17H22N2O2. The Bertz CT molecular complexity index is 604. The van der Waals surface area contributed by atoms with Crippen LogP contribution in [-0.2, 0) is 0 Å². The molecule has 1 N–H and O–H groups in total. The van der Waals surface area contributed by atoms with E-state index in [-0.39, 0.29) is 5.91 Å². The standard InChI is InChI=1S/C17H22N2O2/c1-4-19(15-7-5-6-13(2)12-15)11-10-18-17(20)16-9-8-14(3)21-16/h5-9,12H,4,10-11H2,1-3H3,(H,18,20). The van der Waals surface area contributed by atoms with Gasteiger partial charge in [0.2, 0.25) is 0 Å². The minimum absolute atomic E-state index is 0.164. The van der Waals surface area contributed by atoms with Crippen LogP contribution >= 0.6 is 0 Å². The second-order valence-corrected chi connectivity index (χ2v) is 5.08. The molecule has 0 aliphatic carbocycles. The second-order valence-electron chi connectivity index (χ2n) is 5.08. The predicted octanol–water partition coefficient (Wildman–Crippen LogP) is 3.15. The molecule has 0 bridgehead atoms. The number of hydrogen-bond acceptors (Lipinski definition) is 3. The summed E-state index contributed by atoms with van der Waals surface area (Å²) in [7, 11) is 0. The number of hydrogen-bond donors (Lipinski definition) is 1. The van der Waals surface area contributed by atoms with E-state index in [1.54, 1.807) is 12.1 Å². The van der Waals surface area contributed by atoms with Crippen molar-refractivity contribution >= 4 is 11.6 Å². The van der Waals surface area contributed by atoms with Crippen LogP contribution in [0.2, 0.25) is 0 Å². The lowest BCUT2D eigenvalue weighted by atomic mass is 10.2. The number of carbonyl (C=O) groups excluding carboxylic acids is 1. The van der Waals surface area contributed by atoms with Crippen LogP contribution in [0.3, 0.4) is 0 Å². The van der Waals surface area contributed by atoms with Crippen molar-refractivity contribution < 1.29 is 9.21 Å². The maximum absolute atomic E-state index is 11.9. The zero-order valence-electron chi connectivity index (χ0n) is 12.8. The fraction of sp³-hybridized carbons (Fsp3) is 0.353. The van der Waals surface area contributed by atoms with E-state index >= 15 is 0 Å². The molecule has 2 aromatic rings. The van der Waals surface area contributed by atoms with E-state index in [1.807, 2.05) is 6.92 Å². The first-order chi connectivity index (χ1) is 10.1. The molecule has 0 radical (unpaired) electrons. The SMILES string of the molecule is CCN(CCNC(=O)c1ccc(C)o1)c1cccc(C)c1. The van der Waals surface area contributed by atoms with Gasteiger partial charge in [0.1, 0.15) is 5.76 Å². The fourth-order valence-corrected chi connectivity index (χ4v) is 2.24. The third-order valence-corrected chi connectivity index (χ3v) is 3.38. The molecule has 4 nitrogen and oxygen atoms in total. The summed E-state index contributed by atoms with van der Waals surface area (Å²) in [6.45, 7) is 8.27. The van der Waals surface area contributed by atoms with Crippen molar-refractivity contribution in [3.8, 4) is 0 Å². The normalized spacial score (nSPS) is 10.4. The molecule has 0 spiro atoms. The molecular weight excluding hydrogens is 264 g/mol. The Morgan fingerprint density at radius 2 is 2.05 bits per heavy atom. The summed E-state index contributed by atoms with van der Waals surface area (Å²) in [5, 5.41) is 2.89. The van der Waals surface area contributed by atoms with Crippen LogP contribution in [-0.4, -0.2) is 25.5 Å². The number of aryl methyl sites for hydroxylation is 2. The summed E-state index contributed by atoms with van der Waals surface area (Å²) >= 11 is 0. The zero-order chi connectivity index (χ0) is 15.2. The van der Waals surface area contributed by atoms with Crippen LogP contribution in [0.25, 0.3) is 0 Å². The molecule has 1 aromatic carbocycles. The van der Waals surface area contributed by atoms with Crippen LogP contribution in [0.4, 0.5) is 5.69 Å². The number of amides is 1. The first-order valence-electron chi connectivity index (χ1n) is 7.26. The Labute approximate surface area is 125 Å². The van der Waals surface area contributed by atoms with Gasteiger partial charge in [-0.3, -0.25) is 4.79 Å². The fourth-order valence-electron chi connectivity index (χ4n) is 2.24. The first-order valence-corrected chi connectivity index (χ1v) is 7.26. The van der Waals surface area contributed by atoms with Crippen molar-refractivity contribution in [1.29, 1.82) is 0 Å². The molecule has 0 atom stereocenters. The maximum Gasteiger partial charge on any atom is 0.287 e. The molecule has 0 unspecified atom stereocenters. The quantitative estimate of drug-likeness (QED) is 0.887. The van der Waals surface area contributed by atoms with E-state index in [2.05, 4.69) is 48.3 Å². The molecule has 0 saturated carbocycles. The Kier molecular flexibility index (Phi) is 5.04. The highest BCUT2D eigenvalue weighted by atomic mass is 16.3. The summed E-state index contributed by atoms with van der Waals surface area (Å²) in [6.07, 6.45) is 0. The third kappa shape index (κ3) is 4.12. The van der Waals surface area contributed by atoms with Crippen LogP contribution in [0.1, 0.15) is 28.8 Å². The van der Waals surface area contributed by atoms with Crippen molar-refractivity contribution in [2.24, 2.45) is 0 Å². The van der Waals surface area contributed by atoms with Gasteiger partial charge in [-0.2, -0.15) is 0 Å². The maximum atomic E-state index is 11.9. The number of likely N-dealkylation sites (N-methyl/N-ethyl adjacent to an activating group) is 1. The van der Waals surface area contributed by atoms with Gasteiger partial charge >= 0.3 is 0 Å². The number of carbonyl (C=O) groups is 1. The highest BCUT2D eigenvalue weighted by Gasteiger charge is 2.10. The van der Waals surface area contributed by atoms with Crippen LogP contribution < -0.4 is 10.2 Å². The van der Waals surface area contributed by atoms with Crippen molar-refractivity contribution in [2.75, 3.05) is 24.5 Å². The smallest absolute Gasteiger partial charge is 0.287 e. The molecule has 112 valence electrons. The van der Waals surface area contributed by atoms with E-state index in [9.17, 15) is 4.79 Å². The zero-order valence-corrected chi connectivity index (χ0v) is 12.8. The van der Waals surface area contributed by atoms with Crippen LogP contribution in [0, 0.1) is 13.8 Å². The summed E-state index contributed by atoms with van der Waals surface area (Å²) in [4.78, 5) is 14.1. The van der Waals surface area contributed by atoms with Gasteiger partial charge in [0, 0.05) is 25.3 Å². The van der Waals surface area contributed by atoms with Crippen LogP contribution in [0.5, 0.6) is 0 Å². The van der Waals surface area contributed by atoms with E-state index in [4.69, 9.17) is 4.42 Å². The minimum Gasteiger partial charge on any atom is -0.456 e. The lowest BCUT2D eigenvalue weighted by molar-refractivity contribution is 0.0925. The largest absolute Gasteiger partial charge is 0.456 e. The molecule has 4 heteroatoms. The van der Waals surface area contributed by atoms with Gasteiger partial charge in [0.15, 0.2) is 5.76 Å². The summed E-state index contributed by atoms with van der Waals surface area (Å²) < 4.78 is 5.30. The highest BCUT2D eigenvalue weighted by Crippen LogP contribution is 2.15. The number of anilines is 1. The van der Waals surface area contributed by atoms with Crippen molar-refractivity contribution in [2.45, 2.75) is 20.8 Å². The molecule has 1 amide bonds. The van der Waals surface area contributed by atoms with Gasteiger partial charge < -0.3 is 14.6 Å². The minimum atomic E-state index is -0.164. The highest BCUT2D eigenvalue weighted by molar-refractivity contribution is 5.91. The van der Waals surface area contributed by atoms with Crippen LogP contribution in [0.15, 0.2) is 40.8 Å². The van der Waals surface area contributed by atoms with E-state index in [1.165, 1.54) is 11.3 Å².